The van der Waals surface area contributed by atoms with Gasteiger partial charge in [0.05, 0.1) is 5.69 Å². The molecule has 146 valence electrons. The number of pyridine rings is 1. The fraction of sp³-hybridized carbons (Fsp3) is 0.250. The molecule has 0 spiro atoms. The van der Waals surface area contributed by atoms with Gasteiger partial charge in [-0.3, -0.25) is 9.78 Å². The van der Waals surface area contributed by atoms with E-state index in [-0.39, 0.29) is 24.9 Å². The molecule has 0 aliphatic rings. The second-order valence-electron chi connectivity index (χ2n) is 6.46. The highest BCUT2D eigenvalue weighted by Crippen LogP contribution is 2.35. The van der Waals surface area contributed by atoms with Crippen molar-refractivity contribution >= 4 is 40.9 Å². The van der Waals surface area contributed by atoms with E-state index in [4.69, 9.17) is 27.9 Å². The molecule has 0 fully saturated rings. The number of aromatic amines is 1. The molecule has 0 atom stereocenters. The number of carbonyl (C=O) groups excluding carboxylic acids is 1. The SMILES string of the molecule is CC(C)c1[nH]c(CC(=O)OCc2ccncc2)nc1Sc1cc(Cl)cc(Cl)c1. The lowest BCUT2D eigenvalue weighted by Crippen LogP contribution is -2.09. The van der Waals surface area contributed by atoms with Crippen molar-refractivity contribution in [2.45, 2.75) is 42.7 Å². The highest BCUT2D eigenvalue weighted by molar-refractivity contribution is 7.99. The zero-order valence-corrected chi connectivity index (χ0v) is 17.7. The monoisotopic (exact) mass is 435 g/mol. The molecule has 2 aromatic heterocycles. The number of carbonyl (C=O) groups is 1. The summed E-state index contributed by atoms with van der Waals surface area (Å²) in [6.45, 7) is 4.34. The van der Waals surface area contributed by atoms with Crippen molar-refractivity contribution in [3.8, 4) is 0 Å². The number of esters is 1. The Morgan fingerprint density at radius 1 is 1.18 bits per heavy atom. The number of hydrogen-bond donors (Lipinski definition) is 1. The summed E-state index contributed by atoms with van der Waals surface area (Å²) in [5, 5.41) is 1.93. The molecule has 1 aromatic carbocycles. The second kappa shape index (κ2) is 9.45. The Labute approximate surface area is 177 Å². The van der Waals surface area contributed by atoms with Gasteiger partial charge in [0.2, 0.25) is 0 Å². The van der Waals surface area contributed by atoms with Crippen molar-refractivity contribution in [1.82, 2.24) is 15.0 Å². The molecule has 0 aliphatic heterocycles. The van der Waals surface area contributed by atoms with Crippen LogP contribution in [0.1, 0.15) is 36.8 Å². The molecule has 1 N–H and O–H groups in total. The second-order valence-corrected chi connectivity index (χ2v) is 8.39. The van der Waals surface area contributed by atoms with E-state index in [0.717, 1.165) is 21.2 Å². The minimum atomic E-state index is -0.344. The highest BCUT2D eigenvalue weighted by Gasteiger charge is 2.17. The molecule has 0 saturated heterocycles. The van der Waals surface area contributed by atoms with Gasteiger partial charge in [-0.15, -0.1) is 0 Å². The van der Waals surface area contributed by atoms with Crippen LogP contribution in [-0.4, -0.2) is 20.9 Å². The van der Waals surface area contributed by atoms with Crippen LogP contribution in [0.2, 0.25) is 10.0 Å². The molecule has 28 heavy (non-hydrogen) atoms. The number of nitrogens with zero attached hydrogens (tertiary/aromatic N) is 2. The molecule has 3 aromatic rings. The summed E-state index contributed by atoms with van der Waals surface area (Å²) in [4.78, 5) is 24.9. The number of benzene rings is 1. The third-order valence-electron chi connectivity index (χ3n) is 3.83. The largest absolute Gasteiger partial charge is 0.460 e. The van der Waals surface area contributed by atoms with Gasteiger partial charge in [0.1, 0.15) is 23.9 Å². The van der Waals surface area contributed by atoms with Crippen LogP contribution >= 0.6 is 35.0 Å². The summed E-state index contributed by atoms with van der Waals surface area (Å²) in [5.41, 5.74) is 1.85. The van der Waals surface area contributed by atoms with E-state index in [2.05, 4.69) is 28.8 Å². The van der Waals surface area contributed by atoms with E-state index in [1.165, 1.54) is 11.8 Å². The summed E-state index contributed by atoms with van der Waals surface area (Å²) in [7, 11) is 0. The first-order valence-electron chi connectivity index (χ1n) is 8.68. The summed E-state index contributed by atoms with van der Waals surface area (Å²) in [5.74, 6) is 0.438. The van der Waals surface area contributed by atoms with Gasteiger partial charge in [-0.05, 0) is 41.8 Å². The molecule has 0 amide bonds. The van der Waals surface area contributed by atoms with Gasteiger partial charge in [-0.25, -0.2) is 4.98 Å². The maximum Gasteiger partial charge on any atom is 0.313 e. The molecule has 8 heteroatoms. The Kier molecular flexibility index (Phi) is 6.99. The minimum absolute atomic E-state index is 0.0711. The third kappa shape index (κ3) is 5.74. The van der Waals surface area contributed by atoms with Crippen molar-refractivity contribution in [2.75, 3.05) is 0 Å². The Morgan fingerprint density at radius 2 is 1.86 bits per heavy atom. The van der Waals surface area contributed by atoms with Gasteiger partial charge in [-0.1, -0.05) is 48.8 Å². The number of aromatic nitrogens is 3. The van der Waals surface area contributed by atoms with Crippen molar-refractivity contribution in [2.24, 2.45) is 0 Å². The van der Waals surface area contributed by atoms with Gasteiger partial charge in [0.25, 0.3) is 0 Å². The number of H-pyrrole nitrogens is 1. The standard InChI is InChI=1S/C20H19Cl2N3O2S/c1-12(2)19-20(28-16-8-14(21)7-15(22)9-16)25-17(24-19)10-18(26)27-11-13-3-5-23-6-4-13/h3-9,12H,10-11H2,1-2H3,(H,24,25). The van der Waals surface area contributed by atoms with Crippen LogP contribution in [-0.2, 0) is 22.6 Å². The maximum atomic E-state index is 12.2. The number of halogens is 2. The van der Waals surface area contributed by atoms with Crippen molar-refractivity contribution in [3.63, 3.8) is 0 Å². The van der Waals surface area contributed by atoms with Crippen LogP contribution in [0.4, 0.5) is 0 Å². The molecule has 0 bridgehead atoms. The topological polar surface area (TPSA) is 67.9 Å². The molecule has 0 unspecified atom stereocenters. The Morgan fingerprint density at radius 3 is 2.50 bits per heavy atom. The van der Waals surface area contributed by atoms with E-state index in [1.54, 1.807) is 18.5 Å². The van der Waals surface area contributed by atoms with Gasteiger partial charge >= 0.3 is 5.97 Å². The lowest BCUT2D eigenvalue weighted by molar-refractivity contribution is -0.144. The van der Waals surface area contributed by atoms with Gasteiger partial charge < -0.3 is 9.72 Å². The lowest BCUT2D eigenvalue weighted by atomic mass is 10.2. The number of rotatable bonds is 7. The number of imidazole rings is 1. The summed E-state index contributed by atoms with van der Waals surface area (Å²) >= 11 is 13.6. The predicted molar refractivity (Wildman–Crippen MR) is 111 cm³/mol. The third-order valence-corrected chi connectivity index (χ3v) is 5.25. The summed E-state index contributed by atoms with van der Waals surface area (Å²) in [6, 6.07) is 8.97. The zero-order valence-electron chi connectivity index (χ0n) is 15.4. The van der Waals surface area contributed by atoms with Crippen LogP contribution in [0, 0.1) is 0 Å². The fourth-order valence-corrected chi connectivity index (χ4v) is 4.31. The van der Waals surface area contributed by atoms with E-state index < -0.39 is 0 Å². The zero-order chi connectivity index (χ0) is 20.1. The maximum absolute atomic E-state index is 12.2. The van der Waals surface area contributed by atoms with Crippen molar-refractivity contribution in [1.29, 1.82) is 0 Å². The van der Waals surface area contributed by atoms with Gasteiger partial charge in [0, 0.05) is 27.3 Å². The van der Waals surface area contributed by atoms with Crippen molar-refractivity contribution in [3.05, 3.63) is 69.9 Å². The molecule has 5 nitrogen and oxygen atoms in total. The highest BCUT2D eigenvalue weighted by atomic mass is 35.5. The normalized spacial score (nSPS) is 11.0. The summed E-state index contributed by atoms with van der Waals surface area (Å²) in [6.07, 6.45) is 3.40. The number of nitrogens with one attached hydrogen (secondary N) is 1. The first kappa shape index (κ1) is 20.7. The molecular formula is C20H19Cl2N3O2S. The molecule has 3 rings (SSSR count). The van der Waals surface area contributed by atoms with Crippen LogP contribution in [0.5, 0.6) is 0 Å². The van der Waals surface area contributed by atoms with Crippen LogP contribution in [0.15, 0.2) is 52.6 Å². The van der Waals surface area contributed by atoms with Crippen LogP contribution < -0.4 is 0 Å². The smallest absolute Gasteiger partial charge is 0.313 e. The summed E-state index contributed by atoms with van der Waals surface area (Å²) < 4.78 is 5.32. The van der Waals surface area contributed by atoms with E-state index >= 15 is 0 Å². The Bertz CT molecular complexity index is 941. The first-order chi connectivity index (χ1) is 13.4. The van der Waals surface area contributed by atoms with Gasteiger partial charge in [-0.2, -0.15) is 0 Å². The average molecular weight is 436 g/mol. The van der Waals surface area contributed by atoms with E-state index in [9.17, 15) is 4.79 Å². The quantitative estimate of drug-likeness (QED) is 0.483. The predicted octanol–water partition coefficient (Wildman–Crippen LogP) is 5.67. The fourth-order valence-electron chi connectivity index (χ4n) is 2.50. The lowest BCUT2D eigenvalue weighted by Gasteiger charge is -2.06. The average Bonchev–Trinajstić information content (AvgIpc) is 3.02. The van der Waals surface area contributed by atoms with E-state index in [1.807, 2.05) is 24.3 Å². The van der Waals surface area contributed by atoms with E-state index in [0.29, 0.717) is 15.9 Å². The first-order valence-corrected chi connectivity index (χ1v) is 10.2. The van der Waals surface area contributed by atoms with Crippen LogP contribution in [0.3, 0.4) is 0 Å². The van der Waals surface area contributed by atoms with Gasteiger partial charge in [0.15, 0.2) is 0 Å². The number of ether oxygens (including phenoxy) is 1. The minimum Gasteiger partial charge on any atom is -0.460 e. The molecule has 0 saturated carbocycles. The molecule has 2 heterocycles. The van der Waals surface area contributed by atoms with Crippen molar-refractivity contribution < 1.29 is 9.53 Å². The molecule has 0 radical (unpaired) electrons. The molecular weight excluding hydrogens is 417 g/mol. The number of hydrogen-bond acceptors (Lipinski definition) is 5. The Balaban J connectivity index is 1.70. The molecule has 0 aliphatic carbocycles. The van der Waals surface area contributed by atoms with Crippen LogP contribution in [0.25, 0.3) is 0 Å². The Hall–Kier alpha value is -2.02.